The first-order valence-corrected chi connectivity index (χ1v) is 35.6. The lowest BCUT2D eigenvalue weighted by molar-refractivity contribution is -0.147. The molecule has 7 rings (SSSR count). The number of ether oxygens (including phenoxy) is 5. The van der Waals surface area contributed by atoms with Crippen LogP contribution in [0.15, 0.2) is 97.1 Å². The largest absolute Gasteiger partial charge is 0.497 e. The van der Waals surface area contributed by atoms with Crippen molar-refractivity contribution in [2.24, 2.45) is 17.6 Å². The Balaban J connectivity index is 1.25. The van der Waals surface area contributed by atoms with Crippen LogP contribution in [0.1, 0.15) is 107 Å². The van der Waals surface area contributed by atoms with E-state index in [-0.39, 0.29) is 76.1 Å². The normalized spacial score (nSPS) is 25.1. The number of methoxy groups -OCH3 is 5. The second-order valence-electron chi connectivity index (χ2n) is 25.9. The molecule has 2 saturated heterocycles. The van der Waals surface area contributed by atoms with Gasteiger partial charge in [-0.2, -0.15) is 23.5 Å². The molecule has 0 aliphatic carbocycles. The number of nitrogens with two attached hydrogens (primary N) is 1. The number of fused-ring (bicyclic) bond motifs is 4. The summed E-state index contributed by atoms with van der Waals surface area (Å²) in [4.78, 5) is 149. The highest BCUT2D eigenvalue weighted by Crippen LogP contribution is 2.32. The third-order valence-electron chi connectivity index (χ3n) is 18.3. The molecule has 0 aromatic heterocycles. The molecule has 0 radical (unpaired) electrons. The molecule has 0 unspecified atom stereocenters. The second-order valence-corrected chi connectivity index (χ2v) is 28.0. The van der Waals surface area contributed by atoms with E-state index in [9.17, 15) is 33.6 Å². The zero-order valence-corrected chi connectivity index (χ0v) is 59.4. The minimum Gasteiger partial charge on any atom is -0.497 e. The summed E-state index contributed by atoms with van der Waals surface area (Å²) in [5.41, 5.74) is 8.21. The summed E-state index contributed by atoms with van der Waals surface area (Å²) in [6.45, 7) is 8.85. The summed E-state index contributed by atoms with van der Waals surface area (Å²) < 4.78 is 27.6. The van der Waals surface area contributed by atoms with E-state index in [1.165, 1.54) is 68.9 Å². The maximum absolute atomic E-state index is 15.4. The Hall–Kier alpha value is -8.20. The van der Waals surface area contributed by atoms with Crippen molar-refractivity contribution in [1.29, 1.82) is 0 Å². The Bertz CT molecular complexity index is 3400. The van der Waals surface area contributed by atoms with Crippen LogP contribution in [-0.4, -0.2) is 189 Å². The van der Waals surface area contributed by atoms with Crippen LogP contribution in [0.4, 0.5) is 0 Å². The third kappa shape index (κ3) is 21.4. The van der Waals surface area contributed by atoms with E-state index in [1.54, 1.807) is 93.6 Å². The van der Waals surface area contributed by atoms with Crippen molar-refractivity contribution in [3.63, 3.8) is 0 Å². The SMILES string of the molecule is COc1ccc(C[C@@H]2NC(=O)[C@H](CC(C)C)CC(=O)[C@H]([C@@H](C)OC)NC(=O)CCSCc3cccc(c3)CSC[C@@H](C(N)=O)NC(=O)[C@]3(C)CCCN3C(=O)[C@H](Cc3ccc(OC)cc3)NC(=O)[C@H]([C@@H](C)OC)NC(=O)[C@@H]3CCCN3C(=O)[C@H](Cc3ccc(OC)cc3)NC2=O)cc1. The number of nitrogens with zero attached hydrogens (tertiary/aromatic N) is 2. The molecule has 26 heteroatoms. The number of carbonyl (C=O) groups is 10. The molecule has 98 heavy (non-hydrogen) atoms. The summed E-state index contributed by atoms with van der Waals surface area (Å²) in [5, 5.41) is 17.4. The molecule has 2 fully saturated rings. The van der Waals surface area contributed by atoms with E-state index in [0.717, 1.165) is 11.1 Å². The summed E-state index contributed by atoms with van der Waals surface area (Å²) in [5.74, 6) is -4.32. The van der Waals surface area contributed by atoms with Gasteiger partial charge < -0.3 is 71.1 Å². The first kappa shape index (κ1) is 77.2. The first-order chi connectivity index (χ1) is 46.9. The Morgan fingerprint density at radius 3 is 1.65 bits per heavy atom. The van der Waals surface area contributed by atoms with Crippen molar-refractivity contribution in [3.05, 3.63) is 125 Å². The van der Waals surface area contributed by atoms with Crippen LogP contribution in [0.2, 0.25) is 0 Å². The van der Waals surface area contributed by atoms with Gasteiger partial charge in [0, 0.05) is 88.3 Å². The van der Waals surface area contributed by atoms with E-state index in [2.05, 4.69) is 31.9 Å². The van der Waals surface area contributed by atoms with Gasteiger partial charge in [0.1, 0.15) is 65.1 Å². The van der Waals surface area contributed by atoms with Crippen molar-refractivity contribution in [2.45, 2.75) is 170 Å². The van der Waals surface area contributed by atoms with Gasteiger partial charge in [0.15, 0.2) is 5.78 Å². The summed E-state index contributed by atoms with van der Waals surface area (Å²) in [7, 11) is 7.33. The number of thioether (sulfide) groups is 2. The zero-order valence-electron chi connectivity index (χ0n) is 57.8. The molecule has 24 nitrogen and oxygen atoms in total. The molecule has 3 aliphatic heterocycles. The van der Waals surface area contributed by atoms with Crippen LogP contribution in [0.3, 0.4) is 0 Å². The van der Waals surface area contributed by atoms with Crippen molar-refractivity contribution < 1.29 is 71.6 Å². The number of rotatable bonds is 16. The number of carbonyl (C=O) groups excluding carboxylic acids is 10. The minimum absolute atomic E-state index is 0.0617. The minimum atomic E-state index is -1.50. The molecule has 11 atom stereocenters. The fourth-order valence-electron chi connectivity index (χ4n) is 12.5. The van der Waals surface area contributed by atoms with Gasteiger partial charge in [-0.05, 0) is 123 Å². The Morgan fingerprint density at radius 1 is 0.592 bits per heavy atom. The lowest BCUT2D eigenvalue weighted by Gasteiger charge is -2.37. The van der Waals surface area contributed by atoms with Gasteiger partial charge in [-0.1, -0.05) is 74.5 Å². The maximum atomic E-state index is 15.4. The Kier molecular flexibility index (Phi) is 29.2. The van der Waals surface area contributed by atoms with Crippen LogP contribution in [0.5, 0.6) is 17.2 Å². The van der Waals surface area contributed by atoms with Crippen molar-refractivity contribution in [2.75, 3.05) is 60.1 Å². The quantitative estimate of drug-likeness (QED) is 0.0795. The standard InChI is InChI=1S/C72H97N9O15S2/c1-43(2)34-51-39-60(82)62(44(3)92-6)78-61(83)29-33-97-40-49-14-11-15-50(35-49)41-98-42-58(64(73)84)77-71(91)72(5)30-13-32-81(72)70(90)57(38-48-21-27-54(96-10)28-22-48)76-68(88)63(45(4)93-7)79-67(87)59-16-12-31-80(59)69(89)56(37-47-19-25-53(95-9)26-20-47)75-66(86)55(74-65(51)85)36-46-17-23-52(94-8)24-18-46/h11,14-15,17-28,35,43-45,51,55-59,62-63H,12-13,16,29-34,36-42H2,1-10H3,(H2,73,84)(H,74,85)(H,75,86)(H,76,88)(H,77,91)(H,78,83)(H,79,87)/t44-,45-,51-,55+,56+,57+,58+,59+,62+,63+,72+/m1/s1. The monoisotopic (exact) mass is 1390 g/mol. The van der Waals surface area contributed by atoms with Gasteiger partial charge in [-0.3, -0.25) is 47.9 Å². The van der Waals surface area contributed by atoms with Gasteiger partial charge in [-0.15, -0.1) is 0 Å². The molecule has 532 valence electrons. The predicted octanol–water partition coefficient (Wildman–Crippen LogP) is 4.77. The van der Waals surface area contributed by atoms with Crippen LogP contribution >= 0.6 is 23.5 Å². The van der Waals surface area contributed by atoms with E-state index in [1.807, 2.05) is 38.1 Å². The van der Waals surface area contributed by atoms with Crippen molar-refractivity contribution in [1.82, 2.24) is 41.7 Å². The van der Waals surface area contributed by atoms with Crippen LogP contribution in [0.25, 0.3) is 0 Å². The van der Waals surface area contributed by atoms with E-state index >= 15 is 14.4 Å². The number of hydrogen-bond donors (Lipinski definition) is 7. The Labute approximate surface area is 583 Å². The Morgan fingerprint density at radius 2 is 1.11 bits per heavy atom. The molecular weight excluding hydrogens is 1290 g/mol. The van der Waals surface area contributed by atoms with Gasteiger partial charge in [0.2, 0.25) is 53.2 Å². The molecule has 3 aliphatic rings. The topological polar surface area (TPSA) is 322 Å². The zero-order chi connectivity index (χ0) is 71.2. The van der Waals surface area contributed by atoms with E-state index < -0.39 is 125 Å². The molecule has 2 bridgehead atoms. The number of ketones is 1. The average Bonchev–Trinajstić information content (AvgIpc) is 1.59. The smallest absolute Gasteiger partial charge is 0.246 e. The number of hydrogen-bond acceptors (Lipinski definition) is 17. The third-order valence-corrected chi connectivity index (χ3v) is 20.5. The molecule has 0 spiro atoms. The number of benzene rings is 4. The first-order valence-electron chi connectivity index (χ1n) is 33.3. The lowest BCUT2D eigenvalue weighted by atomic mass is 9.88. The van der Waals surface area contributed by atoms with Crippen LogP contribution in [-0.2, 0) is 88.2 Å². The average molecular weight is 1390 g/mol. The molecular formula is C72H97N9O15S2. The van der Waals surface area contributed by atoms with Gasteiger partial charge >= 0.3 is 0 Å². The van der Waals surface area contributed by atoms with Gasteiger partial charge in [0.05, 0.1) is 33.5 Å². The molecule has 0 saturated carbocycles. The number of amides is 9. The molecule has 4 aromatic rings. The predicted molar refractivity (Wildman–Crippen MR) is 374 cm³/mol. The van der Waals surface area contributed by atoms with Crippen molar-refractivity contribution in [3.8, 4) is 17.2 Å². The number of Topliss-reactive ketones (excluding diaryl/α,β-unsaturated/α-hetero) is 1. The molecule has 9 amide bonds. The van der Waals surface area contributed by atoms with Crippen molar-refractivity contribution >= 4 is 82.5 Å². The molecule has 4 aromatic carbocycles. The fraction of sp³-hybridized carbons (Fsp3) is 0.528. The number of primary amides is 1. The summed E-state index contributed by atoms with van der Waals surface area (Å²) in [6, 6.07) is 19.6. The maximum Gasteiger partial charge on any atom is 0.246 e. The van der Waals surface area contributed by atoms with Gasteiger partial charge in [-0.25, -0.2) is 0 Å². The molecule has 8 N–H and O–H groups in total. The highest BCUT2D eigenvalue weighted by molar-refractivity contribution is 7.98. The lowest BCUT2D eigenvalue weighted by Crippen LogP contribution is -2.64. The van der Waals surface area contributed by atoms with E-state index in [0.29, 0.717) is 64.0 Å². The fourth-order valence-corrected chi connectivity index (χ4v) is 14.4. The summed E-state index contributed by atoms with van der Waals surface area (Å²) >= 11 is 2.90. The highest BCUT2D eigenvalue weighted by atomic mass is 32.2. The van der Waals surface area contributed by atoms with E-state index in [4.69, 9.17) is 29.4 Å². The van der Waals surface area contributed by atoms with Crippen LogP contribution < -0.4 is 51.8 Å². The number of nitrogens with one attached hydrogen (secondary N) is 6. The highest BCUT2D eigenvalue weighted by Gasteiger charge is 2.49. The second kappa shape index (κ2) is 37.1. The van der Waals surface area contributed by atoms with Gasteiger partial charge in [0.25, 0.3) is 0 Å². The summed E-state index contributed by atoms with van der Waals surface area (Å²) in [6.07, 6.45) is -0.896. The molecule has 3 heterocycles. The van der Waals surface area contributed by atoms with Crippen LogP contribution in [0, 0.1) is 11.8 Å².